The third-order valence-electron chi connectivity index (χ3n) is 2.40. The van der Waals surface area contributed by atoms with Gasteiger partial charge in [-0.3, -0.25) is 0 Å². The molecule has 0 heterocycles. The normalized spacial score (nSPS) is 12.0. The average molecular weight is 321 g/mol. The van der Waals surface area contributed by atoms with Gasteiger partial charge >= 0.3 is 0 Å². The topological polar surface area (TPSA) is 49.4 Å². The van der Waals surface area contributed by atoms with Crippen molar-refractivity contribution < 1.29 is 8.42 Å². The highest BCUT2D eigenvalue weighted by atomic mass is 79.9. The number of hydrogen-bond acceptors (Lipinski definition) is 3. The number of halogens is 1. The SMILES string of the molecule is CNCCCN(C)S(=O)(=O)c1cccc(Br)c1. The highest BCUT2D eigenvalue weighted by Crippen LogP contribution is 2.19. The van der Waals surface area contributed by atoms with E-state index in [1.807, 2.05) is 7.05 Å². The van der Waals surface area contributed by atoms with Crippen molar-refractivity contribution >= 4 is 26.0 Å². The van der Waals surface area contributed by atoms with Crippen LogP contribution >= 0.6 is 15.9 Å². The minimum Gasteiger partial charge on any atom is -0.320 e. The van der Waals surface area contributed by atoms with Crippen LogP contribution in [0.4, 0.5) is 0 Å². The first-order chi connectivity index (χ1) is 7.98. The van der Waals surface area contributed by atoms with E-state index in [-0.39, 0.29) is 0 Å². The van der Waals surface area contributed by atoms with Gasteiger partial charge in [-0.2, -0.15) is 0 Å². The minimum atomic E-state index is -3.37. The molecule has 0 aliphatic rings. The van der Waals surface area contributed by atoms with Gasteiger partial charge in [-0.25, -0.2) is 12.7 Å². The van der Waals surface area contributed by atoms with Crippen molar-refractivity contribution in [2.24, 2.45) is 0 Å². The first kappa shape index (κ1) is 14.6. The quantitative estimate of drug-likeness (QED) is 0.811. The molecule has 0 saturated heterocycles. The van der Waals surface area contributed by atoms with Crippen LogP contribution in [0.15, 0.2) is 33.6 Å². The van der Waals surface area contributed by atoms with Crippen molar-refractivity contribution in [3.8, 4) is 0 Å². The lowest BCUT2D eigenvalue weighted by Crippen LogP contribution is -2.29. The molecule has 17 heavy (non-hydrogen) atoms. The lowest BCUT2D eigenvalue weighted by molar-refractivity contribution is 0.458. The zero-order valence-corrected chi connectivity index (χ0v) is 12.4. The molecule has 1 aromatic rings. The number of rotatable bonds is 6. The standard InChI is InChI=1S/C11H17BrN2O2S/c1-13-7-4-8-14(2)17(15,16)11-6-3-5-10(12)9-11/h3,5-6,9,13H,4,7-8H2,1-2H3. The molecule has 0 aliphatic heterocycles. The molecular weight excluding hydrogens is 304 g/mol. The molecule has 0 bridgehead atoms. The Hall–Kier alpha value is -0.430. The smallest absolute Gasteiger partial charge is 0.242 e. The number of sulfonamides is 1. The van der Waals surface area contributed by atoms with Crippen molar-refractivity contribution in [3.05, 3.63) is 28.7 Å². The number of nitrogens with zero attached hydrogens (tertiary/aromatic N) is 1. The van der Waals surface area contributed by atoms with Crippen molar-refractivity contribution in [2.75, 3.05) is 27.2 Å². The van der Waals surface area contributed by atoms with Gasteiger partial charge in [-0.1, -0.05) is 22.0 Å². The van der Waals surface area contributed by atoms with Crippen LogP contribution in [0.1, 0.15) is 6.42 Å². The molecule has 1 rings (SSSR count). The fourth-order valence-corrected chi connectivity index (χ4v) is 3.21. The lowest BCUT2D eigenvalue weighted by atomic mass is 10.4. The summed E-state index contributed by atoms with van der Waals surface area (Å²) in [5, 5.41) is 2.99. The fraction of sp³-hybridized carbons (Fsp3) is 0.455. The van der Waals surface area contributed by atoms with Crippen molar-refractivity contribution in [1.29, 1.82) is 0 Å². The van der Waals surface area contributed by atoms with Crippen LogP contribution in [-0.4, -0.2) is 39.9 Å². The van der Waals surface area contributed by atoms with Gasteiger partial charge in [0.05, 0.1) is 4.90 Å². The summed E-state index contributed by atoms with van der Waals surface area (Å²) in [4.78, 5) is 0.318. The van der Waals surface area contributed by atoms with Gasteiger partial charge < -0.3 is 5.32 Å². The van der Waals surface area contributed by atoms with E-state index in [1.165, 1.54) is 4.31 Å². The maximum absolute atomic E-state index is 12.2. The number of nitrogens with one attached hydrogen (secondary N) is 1. The second kappa shape index (κ2) is 6.49. The minimum absolute atomic E-state index is 0.318. The van der Waals surface area contributed by atoms with Gasteiger partial charge in [0, 0.05) is 18.1 Å². The Balaban J connectivity index is 2.80. The monoisotopic (exact) mass is 320 g/mol. The van der Waals surface area contributed by atoms with E-state index < -0.39 is 10.0 Å². The summed E-state index contributed by atoms with van der Waals surface area (Å²) < 4.78 is 26.5. The number of hydrogen-bond donors (Lipinski definition) is 1. The first-order valence-electron chi connectivity index (χ1n) is 5.35. The van der Waals surface area contributed by atoms with Crippen LogP contribution in [0.5, 0.6) is 0 Å². The Labute approximate surface area is 111 Å². The van der Waals surface area contributed by atoms with E-state index in [9.17, 15) is 8.42 Å². The Morgan fingerprint density at radius 2 is 2.12 bits per heavy atom. The van der Waals surface area contributed by atoms with Crippen LogP contribution in [0.25, 0.3) is 0 Å². The maximum atomic E-state index is 12.2. The molecule has 0 radical (unpaired) electrons. The Morgan fingerprint density at radius 1 is 1.41 bits per heavy atom. The summed E-state index contributed by atoms with van der Waals surface area (Å²) in [5.41, 5.74) is 0. The molecule has 6 heteroatoms. The van der Waals surface area contributed by atoms with Gasteiger partial charge in [-0.05, 0) is 38.2 Å². The van der Waals surface area contributed by atoms with Crippen molar-refractivity contribution in [1.82, 2.24) is 9.62 Å². The van der Waals surface area contributed by atoms with Gasteiger partial charge in [0.2, 0.25) is 10.0 Å². The van der Waals surface area contributed by atoms with E-state index in [2.05, 4.69) is 21.2 Å². The van der Waals surface area contributed by atoms with E-state index in [0.717, 1.165) is 17.4 Å². The van der Waals surface area contributed by atoms with E-state index in [4.69, 9.17) is 0 Å². The van der Waals surface area contributed by atoms with Crippen molar-refractivity contribution in [2.45, 2.75) is 11.3 Å². The third-order valence-corrected chi connectivity index (χ3v) is 4.75. The predicted molar refractivity (Wildman–Crippen MR) is 72.5 cm³/mol. The summed E-state index contributed by atoms with van der Waals surface area (Å²) >= 11 is 3.27. The molecule has 0 spiro atoms. The highest BCUT2D eigenvalue weighted by Gasteiger charge is 2.20. The third kappa shape index (κ3) is 4.06. The molecule has 96 valence electrons. The molecule has 0 fully saturated rings. The second-order valence-corrected chi connectivity index (χ2v) is 6.70. The zero-order valence-electron chi connectivity index (χ0n) is 9.98. The Morgan fingerprint density at radius 3 is 2.71 bits per heavy atom. The van der Waals surface area contributed by atoms with E-state index in [1.54, 1.807) is 31.3 Å². The summed E-state index contributed by atoms with van der Waals surface area (Å²) in [6, 6.07) is 6.75. The molecule has 0 atom stereocenters. The molecular formula is C11H17BrN2O2S. The summed E-state index contributed by atoms with van der Waals surface area (Å²) in [7, 11) is 0.0867. The molecule has 1 aromatic carbocycles. The molecule has 0 aromatic heterocycles. The molecule has 1 N–H and O–H groups in total. The number of benzene rings is 1. The molecule has 0 amide bonds. The van der Waals surface area contributed by atoms with Gasteiger partial charge in [-0.15, -0.1) is 0 Å². The van der Waals surface area contributed by atoms with Crippen LogP contribution in [0, 0.1) is 0 Å². The summed E-state index contributed by atoms with van der Waals surface area (Å²) in [6.07, 6.45) is 0.792. The zero-order chi connectivity index (χ0) is 12.9. The van der Waals surface area contributed by atoms with Crippen LogP contribution in [-0.2, 0) is 10.0 Å². The van der Waals surface area contributed by atoms with Crippen LogP contribution < -0.4 is 5.32 Å². The maximum Gasteiger partial charge on any atom is 0.242 e. The molecule has 0 saturated carbocycles. The molecule has 0 aliphatic carbocycles. The van der Waals surface area contributed by atoms with Gasteiger partial charge in [0.1, 0.15) is 0 Å². The molecule has 4 nitrogen and oxygen atoms in total. The molecule has 0 unspecified atom stereocenters. The summed E-state index contributed by atoms with van der Waals surface area (Å²) in [5.74, 6) is 0. The Kier molecular flexibility index (Phi) is 5.58. The Bertz CT molecular complexity index is 462. The predicted octanol–water partition coefficient (Wildman–Crippen LogP) is 1.68. The fourth-order valence-electron chi connectivity index (χ4n) is 1.41. The van der Waals surface area contributed by atoms with Gasteiger partial charge in [0.25, 0.3) is 0 Å². The van der Waals surface area contributed by atoms with Crippen LogP contribution in [0.2, 0.25) is 0 Å². The second-order valence-electron chi connectivity index (χ2n) is 3.74. The highest BCUT2D eigenvalue weighted by molar-refractivity contribution is 9.10. The van der Waals surface area contributed by atoms with E-state index >= 15 is 0 Å². The largest absolute Gasteiger partial charge is 0.320 e. The van der Waals surface area contributed by atoms with Crippen LogP contribution in [0.3, 0.4) is 0 Å². The van der Waals surface area contributed by atoms with Crippen molar-refractivity contribution in [3.63, 3.8) is 0 Å². The first-order valence-corrected chi connectivity index (χ1v) is 7.58. The van der Waals surface area contributed by atoms with E-state index in [0.29, 0.717) is 11.4 Å². The average Bonchev–Trinajstić information content (AvgIpc) is 2.29. The lowest BCUT2D eigenvalue weighted by Gasteiger charge is -2.17. The summed E-state index contributed by atoms with van der Waals surface area (Å²) in [6.45, 7) is 1.31. The van der Waals surface area contributed by atoms with Gasteiger partial charge in [0.15, 0.2) is 0 Å².